The van der Waals surface area contributed by atoms with Gasteiger partial charge >= 0.3 is 0 Å². The summed E-state index contributed by atoms with van der Waals surface area (Å²) in [7, 11) is 0. The molecule has 2 N–H and O–H groups in total. The Morgan fingerprint density at radius 2 is 2.00 bits per heavy atom. The molecule has 1 heterocycles. The zero-order valence-corrected chi connectivity index (χ0v) is 19.7. The SMILES string of the molecule is CCNC(=NCc1cccc(OCC(F)F)c1)NCC(C)(C)N1CCOCC1.I. The first kappa shape index (κ1) is 25.8. The molecule has 1 saturated heterocycles. The van der Waals surface area contributed by atoms with Crippen molar-refractivity contribution in [3.8, 4) is 5.75 Å². The van der Waals surface area contributed by atoms with E-state index in [0.29, 0.717) is 12.3 Å². The Hall–Kier alpha value is -1.20. The number of ether oxygens (including phenoxy) is 2. The van der Waals surface area contributed by atoms with Gasteiger partial charge in [0.1, 0.15) is 12.4 Å². The third kappa shape index (κ3) is 9.43. The van der Waals surface area contributed by atoms with Crippen molar-refractivity contribution in [3.05, 3.63) is 29.8 Å². The van der Waals surface area contributed by atoms with E-state index in [0.717, 1.165) is 50.9 Å². The van der Waals surface area contributed by atoms with E-state index in [1.165, 1.54) is 0 Å². The Labute approximate surface area is 189 Å². The van der Waals surface area contributed by atoms with E-state index >= 15 is 0 Å². The maximum absolute atomic E-state index is 12.3. The topological polar surface area (TPSA) is 58.1 Å². The Balaban J connectivity index is 0.00000420. The summed E-state index contributed by atoms with van der Waals surface area (Å²) in [5.41, 5.74) is 0.875. The van der Waals surface area contributed by atoms with Gasteiger partial charge in [-0.15, -0.1) is 24.0 Å². The van der Waals surface area contributed by atoms with Crippen LogP contribution in [-0.4, -0.2) is 68.8 Å². The third-order valence-electron chi connectivity index (χ3n) is 4.59. The molecule has 1 fully saturated rings. The van der Waals surface area contributed by atoms with Gasteiger partial charge in [-0.1, -0.05) is 12.1 Å². The molecule has 0 unspecified atom stereocenters. The number of hydrogen-bond donors (Lipinski definition) is 2. The molecular formula is C20H33F2IN4O2. The highest BCUT2D eigenvalue weighted by atomic mass is 127. The maximum Gasteiger partial charge on any atom is 0.272 e. The number of alkyl halides is 2. The molecule has 0 bridgehead atoms. The number of morpholine rings is 1. The van der Waals surface area contributed by atoms with Crippen molar-refractivity contribution in [1.29, 1.82) is 0 Å². The van der Waals surface area contributed by atoms with Crippen LogP contribution in [0.4, 0.5) is 8.78 Å². The molecule has 0 radical (unpaired) electrons. The number of nitrogens with zero attached hydrogens (tertiary/aromatic N) is 2. The second kappa shape index (κ2) is 13.2. The van der Waals surface area contributed by atoms with Crippen LogP contribution < -0.4 is 15.4 Å². The molecule has 9 heteroatoms. The summed E-state index contributed by atoms with van der Waals surface area (Å²) in [4.78, 5) is 7.03. The minimum atomic E-state index is -2.49. The van der Waals surface area contributed by atoms with Crippen molar-refractivity contribution in [3.63, 3.8) is 0 Å². The first-order valence-corrected chi connectivity index (χ1v) is 9.75. The number of benzene rings is 1. The normalized spacial score (nSPS) is 15.7. The number of aliphatic imine (C=N–C) groups is 1. The van der Waals surface area contributed by atoms with Gasteiger partial charge in [0, 0.05) is 31.7 Å². The van der Waals surface area contributed by atoms with Crippen molar-refractivity contribution >= 4 is 29.9 Å². The Morgan fingerprint density at radius 1 is 1.28 bits per heavy atom. The van der Waals surface area contributed by atoms with E-state index in [2.05, 4.69) is 34.4 Å². The summed E-state index contributed by atoms with van der Waals surface area (Å²) in [5.74, 6) is 1.15. The van der Waals surface area contributed by atoms with E-state index in [-0.39, 0.29) is 29.5 Å². The molecular weight excluding hydrogens is 493 g/mol. The van der Waals surface area contributed by atoms with Gasteiger partial charge in [0.25, 0.3) is 6.43 Å². The quantitative estimate of drug-likeness (QED) is 0.294. The number of hydrogen-bond acceptors (Lipinski definition) is 4. The van der Waals surface area contributed by atoms with Crippen LogP contribution in [-0.2, 0) is 11.3 Å². The minimum Gasteiger partial charge on any atom is -0.488 e. The Morgan fingerprint density at radius 3 is 2.66 bits per heavy atom. The molecule has 2 rings (SSSR count). The second-order valence-electron chi connectivity index (χ2n) is 7.31. The van der Waals surface area contributed by atoms with Crippen LogP contribution in [0.1, 0.15) is 26.3 Å². The summed E-state index contributed by atoms with van der Waals surface area (Å²) >= 11 is 0. The first-order valence-electron chi connectivity index (χ1n) is 9.75. The molecule has 0 amide bonds. The molecule has 166 valence electrons. The van der Waals surface area contributed by atoms with Gasteiger partial charge < -0.3 is 20.1 Å². The molecule has 1 aromatic rings. The zero-order valence-electron chi connectivity index (χ0n) is 17.4. The van der Waals surface area contributed by atoms with Gasteiger partial charge in [-0.05, 0) is 38.5 Å². The van der Waals surface area contributed by atoms with E-state index < -0.39 is 13.0 Å². The fourth-order valence-electron chi connectivity index (χ4n) is 2.99. The van der Waals surface area contributed by atoms with Crippen molar-refractivity contribution in [2.45, 2.75) is 39.3 Å². The monoisotopic (exact) mass is 526 g/mol. The van der Waals surface area contributed by atoms with Crippen molar-refractivity contribution in [2.75, 3.05) is 46.0 Å². The molecule has 0 aliphatic carbocycles. The summed E-state index contributed by atoms with van der Waals surface area (Å²) in [6.07, 6.45) is -2.49. The second-order valence-corrected chi connectivity index (χ2v) is 7.31. The van der Waals surface area contributed by atoms with Crippen molar-refractivity contribution in [1.82, 2.24) is 15.5 Å². The van der Waals surface area contributed by atoms with Gasteiger partial charge in [-0.3, -0.25) is 4.90 Å². The lowest BCUT2D eigenvalue weighted by atomic mass is 10.0. The highest BCUT2D eigenvalue weighted by Crippen LogP contribution is 2.16. The molecule has 0 atom stereocenters. The molecule has 1 aliphatic rings. The summed E-state index contributed by atoms with van der Waals surface area (Å²) in [6, 6.07) is 7.10. The minimum absolute atomic E-state index is 0. The van der Waals surface area contributed by atoms with Gasteiger partial charge in [-0.2, -0.15) is 0 Å². The van der Waals surface area contributed by atoms with Crippen molar-refractivity contribution < 1.29 is 18.3 Å². The smallest absolute Gasteiger partial charge is 0.272 e. The molecule has 0 saturated carbocycles. The standard InChI is InChI=1S/C20H32F2N4O2.HI/c1-4-23-19(25-15-20(2,3)26-8-10-27-11-9-26)24-13-16-6-5-7-17(12-16)28-14-18(21)22;/h5-7,12,18H,4,8-11,13-15H2,1-3H3,(H2,23,24,25);1H. The van der Waals surface area contributed by atoms with E-state index in [9.17, 15) is 8.78 Å². The average Bonchev–Trinajstić information content (AvgIpc) is 2.69. The number of rotatable bonds is 9. The van der Waals surface area contributed by atoms with Gasteiger partial charge in [0.2, 0.25) is 0 Å². The molecule has 0 aromatic heterocycles. The largest absolute Gasteiger partial charge is 0.488 e. The predicted octanol–water partition coefficient (Wildman–Crippen LogP) is 3.11. The fraction of sp³-hybridized carbons (Fsp3) is 0.650. The van der Waals surface area contributed by atoms with Gasteiger partial charge in [0.05, 0.1) is 19.8 Å². The predicted molar refractivity (Wildman–Crippen MR) is 123 cm³/mol. The third-order valence-corrected chi connectivity index (χ3v) is 4.59. The van der Waals surface area contributed by atoms with Gasteiger partial charge in [0.15, 0.2) is 5.96 Å². The van der Waals surface area contributed by atoms with E-state index in [4.69, 9.17) is 9.47 Å². The van der Waals surface area contributed by atoms with E-state index in [1.807, 2.05) is 13.0 Å². The first-order chi connectivity index (χ1) is 13.4. The van der Waals surface area contributed by atoms with Crippen LogP contribution in [0.2, 0.25) is 0 Å². The van der Waals surface area contributed by atoms with Crippen molar-refractivity contribution in [2.24, 2.45) is 4.99 Å². The van der Waals surface area contributed by atoms with Crippen LogP contribution in [0, 0.1) is 0 Å². The number of nitrogens with one attached hydrogen (secondary N) is 2. The van der Waals surface area contributed by atoms with Crippen LogP contribution in [0.25, 0.3) is 0 Å². The zero-order chi connectivity index (χ0) is 20.4. The molecule has 6 nitrogen and oxygen atoms in total. The lowest BCUT2D eigenvalue weighted by Gasteiger charge is -2.41. The maximum atomic E-state index is 12.3. The molecule has 0 spiro atoms. The highest BCUT2D eigenvalue weighted by Gasteiger charge is 2.28. The highest BCUT2D eigenvalue weighted by molar-refractivity contribution is 14.0. The van der Waals surface area contributed by atoms with Crippen LogP contribution in [0.15, 0.2) is 29.3 Å². The van der Waals surface area contributed by atoms with Gasteiger partial charge in [-0.25, -0.2) is 13.8 Å². The number of guanidine groups is 1. The summed E-state index contributed by atoms with van der Waals surface area (Å²) in [6.45, 7) is 11.1. The Bertz CT molecular complexity index is 626. The summed E-state index contributed by atoms with van der Waals surface area (Å²) < 4.78 is 35.1. The fourth-order valence-corrected chi connectivity index (χ4v) is 2.99. The number of halogens is 3. The van der Waals surface area contributed by atoms with Crippen LogP contribution >= 0.6 is 24.0 Å². The molecule has 29 heavy (non-hydrogen) atoms. The average molecular weight is 526 g/mol. The lowest BCUT2D eigenvalue weighted by Crippen LogP contribution is -2.56. The summed E-state index contributed by atoms with van der Waals surface area (Å²) in [5, 5.41) is 6.66. The van der Waals surface area contributed by atoms with E-state index in [1.54, 1.807) is 18.2 Å². The molecule has 1 aromatic carbocycles. The lowest BCUT2D eigenvalue weighted by molar-refractivity contribution is -0.00834. The van der Waals surface area contributed by atoms with Crippen LogP contribution in [0.5, 0.6) is 5.75 Å². The Kier molecular flexibility index (Phi) is 11.7. The molecule has 1 aliphatic heterocycles. The van der Waals surface area contributed by atoms with Crippen LogP contribution in [0.3, 0.4) is 0 Å².